The molecule has 3 fully saturated rings. The Labute approximate surface area is 210 Å². The zero-order chi connectivity index (χ0) is 24.4. The molecule has 1 aliphatic carbocycles. The molecule has 0 bridgehead atoms. The first-order valence-corrected chi connectivity index (χ1v) is 14.2. The van der Waals surface area contributed by atoms with Crippen LogP contribution >= 0.6 is 0 Å². The summed E-state index contributed by atoms with van der Waals surface area (Å²) in [5.74, 6) is 1.74. The van der Waals surface area contributed by atoms with E-state index in [0.717, 1.165) is 66.7 Å². The second-order valence-electron chi connectivity index (χ2n) is 9.93. The van der Waals surface area contributed by atoms with Gasteiger partial charge in [0.15, 0.2) is 5.65 Å². The van der Waals surface area contributed by atoms with Crippen molar-refractivity contribution >= 4 is 28.3 Å². The standard InChI is InChI=1S/C26H26F2N6OS/c27-18-1-3-22(28)21(13-18)26-14-17(26)5-7-33(26)24-6-8-34-25(31-24)20(16-30-34)23-4-2-19(15-29-23)32-9-11-36(35)12-10-32/h1-4,6,8,13,15-17H,5,7,9-12,14,36H2/t17-,26?/m0/s1. The van der Waals surface area contributed by atoms with E-state index in [0.29, 0.717) is 17.1 Å². The predicted octanol–water partition coefficient (Wildman–Crippen LogP) is 3.23. The molecule has 2 atom stereocenters. The van der Waals surface area contributed by atoms with Gasteiger partial charge < -0.3 is 25.5 Å². The highest BCUT2D eigenvalue weighted by Crippen LogP contribution is 2.63. The number of fused-ring (bicyclic) bond motifs is 2. The Hall–Kier alpha value is -3.24. The van der Waals surface area contributed by atoms with Gasteiger partial charge in [-0.3, -0.25) is 4.98 Å². The summed E-state index contributed by atoms with van der Waals surface area (Å²) in [7, 11) is 0. The van der Waals surface area contributed by atoms with Gasteiger partial charge in [-0.1, -0.05) is 0 Å². The molecule has 1 unspecified atom stereocenters. The monoisotopic (exact) mass is 508 g/mol. The summed E-state index contributed by atoms with van der Waals surface area (Å²) in [6.45, 7) is 2.33. The first-order valence-electron chi connectivity index (χ1n) is 12.3. The molecule has 5 heterocycles. The third-order valence-electron chi connectivity index (χ3n) is 7.99. The van der Waals surface area contributed by atoms with Crippen molar-refractivity contribution in [3.8, 4) is 11.3 Å². The Balaban J connectivity index is 1.22. The number of hydrogen-bond acceptors (Lipinski definition) is 6. The van der Waals surface area contributed by atoms with Crippen LogP contribution in [0.3, 0.4) is 0 Å². The molecule has 2 aliphatic heterocycles. The molecule has 7 rings (SSSR count). The topological polar surface area (TPSA) is 72.6 Å². The number of anilines is 2. The number of halogens is 2. The molecule has 36 heavy (non-hydrogen) atoms. The van der Waals surface area contributed by atoms with Crippen LogP contribution in [0, 0.1) is 17.6 Å². The minimum absolute atomic E-state index is 0.291. The number of benzene rings is 1. The number of pyridine rings is 1. The molecule has 10 heteroatoms. The summed E-state index contributed by atoms with van der Waals surface area (Å²) >= 11 is -1.41. The van der Waals surface area contributed by atoms with Crippen molar-refractivity contribution in [1.29, 1.82) is 0 Å². The van der Waals surface area contributed by atoms with Gasteiger partial charge in [0.2, 0.25) is 0 Å². The fourth-order valence-electron chi connectivity index (χ4n) is 6.03. The molecule has 7 nitrogen and oxygen atoms in total. The van der Waals surface area contributed by atoms with Crippen LogP contribution in [0.4, 0.5) is 20.3 Å². The molecule has 0 amide bonds. The first kappa shape index (κ1) is 22.0. The van der Waals surface area contributed by atoms with Gasteiger partial charge in [-0.2, -0.15) is 5.10 Å². The number of rotatable bonds is 4. The third-order valence-corrected chi connectivity index (χ3v) is 9.55. The molecule has 0 spiro atoms. The average molecular weight is 509 g/mol. The highest BCUT2D eigenvalue weighted by atomic mass is 32.2. The smallest absolute Gasteiger partial charge is 0.166 e. The Morgan fingerprint density at radius 3 is 2.67 bits per heavy atom. The van der Waals surface area contributed by atoms with Crippen molar-refractivity contribution in [2.75, 3.05) is 40.9 Å². The Morgan fingerprint density at radius 2 is 1.89 bits per heavy atom. The van der Waals surface area contributed by atoms with E-state index < -0.39 is 22.5 Å². The quantitative estimate of drug-likeness (QED) is 0.394. The number of aromatic nitrogens is 4. The van der Waals surface area contributed by atoms with E-state index in [1.807, 2.05) is 30.6 Å². The first-order chi connectivity index (χ1) is 17.5. The van der Waals surface area contributed by atoms with Crippen molar-refractivity contribution < 1.29 is 13.3 Å². The minimum Gasteiger partial charge on any atom is -0.689 e. The minimum atomic E-state index is -1.41. The Morgan fingerprint density at radius 1 is 1.03 bits per heavy atom. The maximum Gasteiger partial charge on any atom is 0.166 e. The van der Waals surface area contributed by atoms with Crippen LogP contribution < -0.4 is 9.80 Å². The average Bonchev–Trinajstić information content (AvgIpc) is 3.27. The maximum atomic E-state index is 14.8. The van der Waals surface area contributed by atoms with Gasteiger partial charge >= 0.3 is 0 Å². The van der Waals surface area contributed by atoms with Crippen molar-refractivity contribution in [3.63, 3.8) is 0 Å². The zero-order valence-corrected chi connectivity index (χ0v) is 20.6. The van der Waals surface area contributed by atoms with Crippen LogP contribution in [0.15, 0.2) is 55.0 Å². The molecule has 3 aromatic heterocycles. The number of nitrogens with zero attached hydrogens (tertiary/aromatic N) is 6. The summed E-state index contributed by atoms with van der Waals surface area (Å²) < 4.78 is 42.3. The molecule has 4 aromatic rings. The van der Waals surface area contributed by atoms with E-state index in [4.69, 9.17) is 4.98 Å². The van der Waals surface area contributed by atoms with Gasteiger partial charge in [-0.15, -0.1) is 0 Å². The summed E-state index contributed by atoms with van der Waals surface area (Å²) in [6, 6.07) is 9.62. The van der Waals surface area contributed by atoms with E-state index >= 15 is 0 Å². The van der Waals surface area contributed by atoms with E-state index in [2.05, 4.69) is 19.9 Å². The van der Waals surface area contributed by atoms with E-state index in [9.17, 15) is 13.3 Å². The Bertz CT molecular complexity index is 1450. The van der Waals surface area contributed by atoms with Crippen LogP contribution in [-0.2, 0) is 16.7 Å². The lowest BCUT2D eigenvalue weighted by Crippen LogP contribution is -2.40. The van der Waals surface area contributed by atoms with Crippen LogP contribution in [0.2, 0.25) is 0 Å². The summed E-state index contributed by atoms with van der Waals surface area (Å²) in [5.41, 5.74) is 3.14. The zero-order valence-electron chi connectivity index (χ0n) is 19.6. The van der Waals surface area contributed by atoms with Crippen LogP contribution in [-0.4, -0.2) is 55.3 Å². The van der Waals surface area contributed by atoms with E-state index in [-0.39, 0.29) is 5.82 Å². The third kappa shape index (κ3) is 3.38. The van der Waals surface area contributed by atoms with Crippen LogP contribution in [0.1, 0.15) is 18.4 Å². The molecule has 1 aromatic carbocycles. The number of hydrogen-bond donors (Lipinski definition) is 0. The van der Waals surface area contributed by atoms with Gasteiger partial charge in [-0.25, -0.2) is 18.3 Å². The molecular formula is C26H26F2N6OS. The lowest BCUT2D eigenvalue weighted by atomic mass is 10.0. The summed E-state index contributed by atoms with van der Waals surface area (Å²) in [6.07, 6.45) is 7.18. The normalized spacial score (nSPS) is 24.4. The van der Waals surface area contributed by atoms with Gasteiger partial charge in [-0.05, 0) is 55.2 Å². The van der Waals surface area contributed by atoms with Crippen molar-refractivity contribution in [2.24, 2.45) is 5.92 Å². The van der Waals surface area contributed by atoms with Crippen molar-refractivity contribution in [2.45, 2.75) is 18.4 Å². The molecule has 3 aliphatic rings. The molecule has 0 radical (unpaired) electrons. The highest BCUT2D eigenvalue weighted by Gasteiger charge is 2.64. The fraction of sp³-hybridized carbons (Fsp3) is 0.346. The highest BCUT2D eigenvalue weighted by molar-refractivity contribution is 7.91. The Kier molecular flexibility index (Phi) is 4.97. The second kappa shape index (κ2) is 8.14. The van der Waals surface area contributed by atoms with Crippen molar-refractivity contribution in [3.05, 3.63) is 72.2 Å². The predicted molar refractivity (Wildman–Crippen MR) is 137 cm³/mol. The molecule has 2 saturated heterocycles. The summed E-state index contributed by atoms with van der Waals surface area (Å²) in [5, 5.41) is 4.46. The fourth-order valence-corrected chi connectivity index (χ4v) is 7.32. The summed E-state index contributed by atoms with van der Waals surface area (Å²) in [4.78, 5) is 14.0. The van der Waals surface area contributed by atoms with E-state index in [1.165, 1.54) is 18.2 Å². The van der Waals surface area contributed by atoms with Gasteiger partial charge in [0.25, 0.3) is 0 Å². The van der Waals surface area contributed by atoms with E-state index in [1.54, 1.807) is 10.7 Å². The maximum absolute atomic E-state index is 14.8. The van der Waals surface area contributed by atoms with Gasteiger partial charge in [0.05, 0.1) is 59.5 Å². The lowest BCUT2D eigenvalue weighted by molar-refractivity contribution is 0.544. The SMILES string of the molecule is [O-][SH2+]1CCN(c2ccc(-c3cnn4ccc(N5CC[C@H]6CC65c5cc(F)ccc5F)nc34)nc2)CC1. The molecule has 0 N–H and O–H groups in total. The molecule has 1 saturated carbocycles. The van der Waals surface area contributed by atoms with Crippen LogP contribution in [0.25, 0.3) is 16.9 Å². The second-order valence-corrected chi connectivity index (χ2v) is 12.0. The molecule has 186 valence electrons. The molecular weight excluding hydrogens is 482 g/mol. The van der Waals surface area contributed by atoms with Gasteiger partial charge in [0, 0.05) is 18.3 Å². The van der Waals surface area contributed by atoms with Crippen LogP contribution in [0.5, 0.6) is 0 Å². The van der Waals surface area contributed by atoms with Gasteiger partial charge in [0.1, 0.15) is 17.5 Å². The largest absolute Gasteiger partial charge is 0.689 e. The van der Waals surface area contributed by atoms with Crippen molar-refractivity contribution in [1.82, 2.24) is 19.6 Å². The number of piperidine rings is 1. The lowest BCUT2D eigenvalue weighted by Gasteiger charge is -2.35.